The summed E-state index contributed by atoms with van der Waals surface area (Å²) in [4.78, 5) is 29.5. The summed E-state index contributed by atoms with van der Waals surface area (Å²) < 4.78 is 6.47. The van der Waals surface area contributed by atoms with Gasteiger partial charge in [0.05, 0.1) is 51.5 Å². The number of aliphatic hydroxyl groups is 1. The fraction of sp³-hybridized carbons (Fsp3) is 0.429. The Morgan fingerprint density at radius 1 is 1.14 bits per heavy atom. The van der Waals surface area contributed by atoms with Gasteiger partial charge in [0, 0.05) is 0 Å². The molecule has 154 valence electrons. The van der Waals surface area contributed by atoms with Crippen molar-refractivity contribution in [3.05, 3.63) is 39.4 Å². The van der Waals surface area contributed by atoms with Crippen molar-refractivity contribution < 1.29 is 24.5 Å². The molecule has 1 aromatic heterocycles. The van der Waals surface area contributed by atoms with Gasteiger partial charge >= 0.3 is 5.97 Å². The average Bonchev–Trinajstić information content (AvgIpc) is 3.05. The van der Waals surface area contributed by atoms with Crippen LogP contribution < -0.4 is 0 Å². The Kier molecular flexibility index (Phi) is 4.77. The quantitative estimate of drug-likeness (QED) is 0.596. The van der Waals surface area contributed by atoms with Crippen LogP contribution in [0.5, 0.6) is 5.88 Å². The number of rotatable bonds is 3. The van der Waals surface area contributed by atoms with Gasteiger partial charge < -0.3 is 14.9 Å². The molecular formula is C21H25N3O5. The number of esters is 1. The molecule has 0 unspecified atom stereocenters. The van der Waals surface area contributed by atoms with E-state index in [1.807, 2.05) is 20.8 Å². The second-order valence-electron chi connectivity index (χ2n) is 8.06. The van der Waals surface area contributed by atoms with Crippen molar-refractivity contribution in [2.24, 2.45) is 4.99 Å². The number of ether oxygens (including phenoxy) is 1. The maximum atomic E-state index is 12.9. The highest BCUT2D eigenvalue weighted by atomic mass is 16.5. The van der Waals surface area contributed by atoms with Crippen molar-refractivity contribution in [3.63, 3.8) is 0 Å². The monoisotopic (exact) mass is 399 g/mol. The van der Waals surface area contributed by atoms with E-state index in [0.29, 0.717) is 22.6 Å². The number of aliphatic imine (C=N–C) groups is 1. The zero-order chi connectivity index (χ0) is 21.8. The van der Waals surface area contributed by atoms with Crippen LogP contribution >= 0.6 is 0 Å². The van der Waals surface area contributed by atoms with Crippen molar-refractivity contribution in [1.82, 2.24) is 9.78 Å². The molecule has 1 aromatic rings. The van der Waals surface area contributed by atoms with E-state index in [0.717, 1.165) is 0 Å². The lowest BCUT2D eigenvalue weighted by atomic mass is 9.81. The molecular weight excluding hydrogens is 374 g/mol. The van der Waals surface area contributed by atoms with E-state index in [9.17, 15) is 19.8 Å². The van der Waals surface area contributed by atoms with E-state index in [-0.39, 0.29) is 40.7 Å². The van der Waals surface area contributed by atoms with Gasteiger partial charge in [0.2, 0.25) is 11.7 Å². The molecule has 1 aliphatic heterocycles. The molecule has 0 radical (unpaired) electrons. The third kappa shape index (κ3) is 2.99. The second kappa shape index (κ2) is 6.72. The van der Waals surface area contributed by atoms with E-state index in [2.05, 4.69) is 10.1 Å². The molecule has 2 N–H and O–H groups in total. The fourth-order valence-corrected chi connectivity index (χ4v) is 3.57. The van der Waals surface area contributed by atoms with Crippen molar-refractivity contribution in [2.45, 2.75) is 54.0 Å². The second-order valence-corrected chi connectivity index (χ2v) is 8.06. The number of aryl methyl sites for hydroxylation is 1. The molecule has 2 heterocycles. The number of carbonyl (C=O) groups is 2. The lowest BCUT2D eigenvalue weighted by Crippen LogP contribution is -2.24. The van der Waals surface area contributed by atoms with Crippen molar-refractivity contribution in [2.75, 3.05) is 6.61 Å². The Morgan fingerprint density at radius 2 is 1.76 bits per heavy atom. The number of nitrogens with zero attached hydrogens (tertiary/aromatic N) is 3. The number of Topliss-reactive ketones (excluding diaryl/α,β-unsaturated/α-hetero) is 1. The Hall–Kier alpha value is -3.16. The largest absolute Gasteiger partial charge is 0.506 e. The molecule has 0 spiro atoms. The molecule has 1 aliphatic carbocycles. The summed E-state index contributed by atoms with van der Waals surface area (Å²) in [5, 5.41) is 25.6. The lowest BCUT2D eigenvalue weighted by molar-refractivity contribution is -0.137. The number of hydrogen-bond donors (Lipinski definition) is 2. The van der Waals surface area contributed by atoms with Crippen LogP contribution in [0.25, 0.3) is 5.57 Å². The minimum Gasteiger partial charge on any atom is -0.506 e. The standard InChI is InChI=1S/C21H25N3O5/c1-8-29-20(28)12-9(2)16(22-10(12)3)15-17(25)14(18(15)26)13-11(4)23-24(19(13)27)21(5,6)7/h25,27H,8H2,1-7H3/b16-15-. The van der Waals surface area contributed by atoms with Gasteiger partial charge in [-0.3, -0.25) is 9.79 Å². The number of hydrogen-bond acceptors (Lipinski definition) is 7. The summed E-state index contributed by atoms with van der Waals surface area (Å²) in [6.45, 7) is 12.5. The van der Waals surface area contributed by atoms with Crippen molar-refractivity contribution in [1.29, 1.82) is 0 Å². The molecule has 0 saturated heterocycles. The summed E-state index contributed by atoms with van der Waals surface area (Å²) in [6, 6.07) is 0. The molecule has 8 heteroatoms. The van der Waals surface area contributed by atoms with Crippen molar-refractivity contribution in [3.8, 4) is 5.88 Å². The van der Waals surface area contributed by atoms with Gasteiger partial charge in [-0.25, -0.2) is 9.48 Å². The normalized spacial score (nSPS) is 19.7. The molecule has 29 heavy (non-hydrogen) atoms. The zero-order valence-electron chi connectivity index (χ0n) is 17.7. The minimum atomic E-state index is -0.516. The van der Waals surface area contributed by atoms with Gasteiger partial charge in [0.25, 0.3) is 0 Å². The van der Waals surface area contributed by atoms with E-state index >= 15 is 0 Å². The predicted octanol–water partition coefficient (Wildman–Crippen LogP) is 3.11. The van der Waals surface area contributed by atoms with Crippen LogP contribution in [0.1, 0.15) is 52.8 Å². The maximum Gasteiger partial charge on any atom is 0.340 e. The molecule has 0 atom stereocenters. The Morgan fingerprint density at radius 3 is 2.24 bits per heavy atom. The number of allylic oxidation sites excluding steroid dienone is 3. The van der Waals surface area contributed by atoms with E-state index < -0.39 is 17.3 Å². The number of carbonyl (C=O) groups excluding carboxylic acids is 2. The van der Waals surface area contributed by atoms with Gasteiger partial charge in [-0.15, -0.1) is 0 Å². The molecule has 0 fully saturated rings. The minimum absolute atomic E-state index is 0.00300. The first-order chi connectivity index (χ1) is 13.4. The molecule has 0 bridgehead atoms. The molecule has 3 rings (SSSR count). The zero-order valence-corrected chi connectivity index (χ0v) is 17.7. The van der Waals surface area contributed by atoms with Crippen molar-refractivity contribution >= 4 is 23.0 Å². The number of aromatic hydroxyl groups is 1. The SMILES string of the molecule is CCOC(=O)C1=C(C)/C(=C2/C(=O)C(c3c(C)nn(C(C)(C)C)c3O)=C2O)N=C1C. The van der Waals surface area contributed by atoms with Crippen LogP contribution in [0, 0.1) is 6.92 Å². The first-order valence-corrected chi connectivity index (χ1v) is 9.37. The summed E-state index contributed by atoms with van der Waals surface area (Å²) >= 11 is 0. The van der Waals surface area contributed by atoms with Gasteiger partial charge in [-0.05, 0) is 54.0 Å². The smallest absolute Gasteiger partial charge is 0.340 e. The average molecular weight is 399 g/mol. The molecule has 0 aromatic carbocycles. The van der Waals surface area contributed by atoms with Gasteiger partial charge in [0.1, 0.15) is 5.76 Å². The van der Waals surface area contributed by atoms with E-state index in [1.54, 1.807) is 27.7 Å². The Labute approximate surface area is 168 Å². The van der Waals surface area contributed by atoms with Gasteiger partial charge in [0.15, 0.2) is 0 Å². The highest BCUT2D eigenvalue weighted by molar-refractivity contribution is 6.40. The topological polar surface area (TPSA) is 114 Å². The molecule has 2 aliphatic rings. The fourth-order valence-electron chi connectivity index (χ4n) is 3.57. The van der Waals surface area contributed by atoms with Crippen LogP contribution in [0.3, 0.4) is 0 Å². The van der Waals surface area contributed by atoms with Gasteiger partial charge in [-0.1, -0.05) is 0 Å². The first-order valence-electron chi connectivity index (χ1n) is 9.37. The number of aromatic nitrogens is 2. The highest BCUT2D eigenvalue weighted by Crippen LogP contribution is 2.45. The third-order valence-corrected chi connectivity index (χ3v) is 4.94. The summed E-state index contributed by atoms with van der Waals surface area (Å²) in [6.07, 6.45) is 0. The Bertz CT molecular complexity index is 1070. The number of aliphatic hydroxyl groups excluding tert-OH is 1. The summed E-state index contributed by atoms with van der Waals surface area (Å²) in [5.74, 6) is -1.42. The Balaban J connectivity index is 2.14. The summed E-state index contributed by atoms with van der Waals surface area (Å²) in [7, 11) is 0. The lowest BCUT2D eigenvalue weighted by Gasteiger charge is -2.23. The van der Waals surface area contributed by atoms with E-state index in [1.165, 1.54) is 4.68 Å². The maximum absolute atomic E-state index is 12.9. The predicted molar refractivity (Wildman–Crippen MR) is 108 cm³/mol. The molecule has 0 saturated carbocycles. The number of ketones is 1. The molecule has 8 nitrogen and oxygen atoms in total. The van der Waals surface area contributed by atoms with Crippen LogP contribution in [-0.2, 0) is 19.9 Å². The van der Waals surface area contributed by atoms with Gasteiger partial charge in [-0.2, -0.15) is 5.10 Å². The third-order valence-electron chi connectivity index (χ3n) is 4.94. The molecule has 0 amide bonds. The highest BCUT2D eigenvalue weighted by Gasteiger charge is 2.43. The van der Waals surface area contributed by atoms with Crippen LogP contribution in [0.4, 0.5) is 0 Å². The van der Waals surface area contributed by atoms with Crippen LogP contribution in [0.15, 0.2) is 33.2 Å². The van der Waals surface area contributed by atoms with Crippen LogP contribution in [0.2, 0.25) is 0 Å². The van der Waals surface area contributed by atoms with E-state index in [4.69, 9.17) is 4.74 Å². The first kappa shape index (κ1) is 20.6. The summed E-state index contributed by atoms with van der Waals surface area (Å²) in [5.41, 5.74) is 1.61. The van der Waals surface area contributed by atoms with Crippen LogP contribution in [-0.4, -0.2) is 44.1 Å².